The first-order valence-corrected chi connectivity index (χ1v) is 6.54. The summed E-state index contributed by atoms with van der Waals surface area (Å²) in [5, 5.41) is 3.48. The maximum atomic E-state index is 4.60. The molecule has 1 aromatic heterocycles. The Morgan fingerprint density at radius 3 is 3.00 bits per heavy atom. The fourth-order valence-corrected chi connectivity index (χ4v) is 2.52. The molecule has 1 aromatic rings. The molecule has 0 saturated carbocycles. The molecule has 0 spiro atoms. The predicted molar refractivity (Wildman–Crippen MR) is 70.9 cm³/mol. The van der Waals surface area contributed by atoms with Gasteiger partial charge in [-0.1, -0.05) is 19.9 Å². The number of pyridine rings is 1. The molecular weight excluding hydrogens is 210 g/mol. The Hall–Kier alpha value is -0.930. The summed E-state index contributed by atoms with van der Waals surface area (Å²) in [5.41, 5.74) is 2.30. The Morgan fingerprint density at radius 2 is 2.29 bits per heavy atom. The number of rotatable bonds is 3. The van der Waals surface area contributed by atoms with Crippen molar-refractivity contribution in [2.45, 2.75) is 33.4 Å². The highest BCUT2D eigenvalue weighted by Crippen LogP contribution is 2.15. The summed E-state index contributed by atoms with van der Waals surface area (Å²) in [6.45, 7) is 11.0. The zero-order chi connectivity index (χ0) is 12.3. The van der Waals surface area contributed by atoms with Crippen LogP contribution in [0.4, 0.5) is 0 Å². The Bertz CT molecular complexity index is 362. The summed E-state index contributed by atoms with van der Waals surface area (Å²) in [4.78, 5) is 7.16. The minimum absolute atomic E-state index is 0.631. The van der Waals surface area contributed by atoms with Gasteiger partial charge in [-0.2, -0.15) is 0 Å². The van der Waals surface area contributed by atoms with Crippen LogP contribution in [0.25, 0.3) is 0 Å². The average molecular weight is 233 g/mol. The van der Waals surface area contributed by atoms with Crippen molar-refractivity contribution < 1.29 is 0 Å². The van der Waals surface area contributed by atoms with Gasteiger partial charge in [-0.15, -0.1) is 0 Å². The Kier molecular flexibility index (Phi) is 4.13. The summed E-state index contributed by atoms with van der Waals surface area (Å²) in [6.07, 6.45) is 0. The number of aromatic nitrogens is 1. The fourth-order valence-electron chi connectivity index (χ4n) is 2.52. The van der Waals surface area contributed by atoms with Gasteiger partial charge in [0.25, 0.3) is 0 Å². The minimum Gasteiger partial charge on any atom is -0.314 e. The van der Waals surface area contributed by atoms with Crippen molar-refractivity contribution in [3.63, 3.8) is 0 Å². The van der Waals surface area contributed by atoms with Crippen LogP contribution in [0.2, 0.25) is 0 Å². The molecule has 3 nitrogen and oxygen atoms in total. The maximum absolute atomic E-state index is 4.60. The molecule has 2 heterocycles. The Morgan fingerprint density at radius 1 is 1.47 bits per heavy atom. The highest BCUT2D eigenvalue weighted by atomic mass is 15.2. The van der Waals surface area contributed by atoms with Gasteiger partial charge in [-0.3, -0.25) is 9.88 Å². The molecule has 2 rings (SSSR count). The fraction of sp³-hybridized carbons (Fsp3) is 0.643. The summed E-state index contributed by atoms with van der Waals surface area (Å²) in [6, 6.07) is 6.92. The van der Waals surface area contributed by atoms with Crippen molar-refractivity contribution in [2.75, 3.05) is 19.6 Å². The van der Waals surface area contributed by atoms with E-state index in [-0.39, 0.29) is 0 Å². The first kappa shape index (κ1) is 12.5. The number of aryl methyl sites for hydroxylation is 1. The number of hydrogen-bond acceptors (Lipinski definition) is 3. The van der Waals surface area contributed by atoms with Crippen LogP contribution in [0, 0.1) is 12.8 Å². The van der Waals surface area contributed by atoms with Crippen LogP contribution >= 0.6 is 0 Å². The lowest BCUT2D eigenvalue weighted by Crippen LogP contribution is -2.53. The maximum Gasteiger partial charge on any atom is 0.0547 e. The molecule has 1 saturated heterocycles. The number of nitrogens with zero attached hydrogens (tertiary/aromatic N) is 2. The molecule has 0 aromatic carbocycles. The molecule has 17 heavy (non-hydrogen) atoms. The topological polar surface area (TPSA) is 28.2 Å². The van der Waals surface area contributed by atoms with Gasteiger partial charge >= 0.3 is 0 Å². The van der Waals surface area contributed by atoms with E-state index in [1.807, 2.05) is 0 Å². The van der Waals surface area contributed by atoms with Gasteiger partial charge in [-0.05, 0) is 25.0 Å². The number of nitrogens with one attached hydrogen (secondary N) is 1. The molecule has 94 valence electrons. The van der Waals surface area contributed by atoms with Crippen LogP contribution in [-0.2, 0) is 6.54 Å². The van der Waals surface area contributed by atoms with E-state index in [1.54, 1.807) is 0 Å². The van der Waals surface area contributed by atoms with E-state index >= 15 is 0 Å². The Labute approximate surface area is 104 Å². The first-order valence-electron chi connectivity index (χ1n) is 6.54. The van der Waals surface area contributed by atoms with Crippen LogP contribution in [0.5, 0.6) is 0 Å². The van der Waals surface area contributed by atoms with Crippen LogP contribution in [0.1, 0.15) is 25.2 Å². The van der Waals surface area contributed by atoms with Crippen molar-refractivity contribution in [3.05, 3.63) is 29.6 Å². The largest absolute Gasteiger partial charge is 0.314 e. The van der Waals surface area contributed by atoms with Crippen molar-refractivity contribution >= 4 is 0 Å². The third-order valence-corrected chi connectivity index (χ3v) is 3.48. The predicted octanol–water partition coefficient (Wildman–Crippen LogP) is 1.82. The van der Waals surface area contributed by atoms with Crippen molar-refractivity contribution in [2.24, 2.45) is 5.92 Å². The van der Waals surface area contributed by atoms with E-state index in [0.717, 1.165) is 31.9 Å². The lowest BCUT2D eigenvalue weighted by atomic mass is 10.0. The van der Waals surface area contributed by atoms with Crippen LogP contribution in [0.3, 0.4) is 0 Å². The van der Waals surface area contributed by atoms with Gasteiger partial charge < -0.3 is 5.32 Å². The second-order valence-corrected chi connectivity index (χ2v) is 5.26. The smallest absolute Gasteiger partial charge is 0.0547 e. The summed E-state index contributed by atoms with van der Waals surface area (Å²) in [7, 11) is 0. The average Bonchev–Trinajstić information content (AvgIpc) is 2.29. The first-order chi connectivity index (χ1) is 8.16. The third-order valence-electron chi connectivity index (χ3n) is 3.48. The van der Waals surface area contributed by atoms with Crippen LogP contribution < -0.4 is 5.32 Å². The zero-order valence-electron chi connectivity index (χ0n) is 11.1. The zero-order valence-corrected chi connectivity index (χ0v) is 11.1. The molecule has 3 heteroatoms. The van der Waals surface area contributed by atoms with Gasteiger partial charge in [0.1, 0.15) is 0 Å². The van der Waals surface area contributed by atoms with Crippen molar-refractivity contribution in [1.82, 2.24) is 15.2 Å². The van der Waals surface area contributed by atoms with E-state index in [4.69, 9.17) is 0 Å². The second-order valence-electron chi connectivity index (χ2n) is 5.26. The van der Waals surface area contributed by atoms with E-state index in [9.17, 15) is 0 Å². The molecule has 1 aliphatic rings. The molecule has 0 radical (unpaired) electrons. The lowest BCUT2D eigenvalue weighted by molar-refractivity contribution is 0.115. The van der Waals surface area contributed by atoms with E-state index < -0.39 is 0 Å². The highest BCUT2D eigenvalue weighted by Gasteiger charge is 2.24. The lowest BCUT2D eigenvalue weighted by Gasteiger charge is -2.38. The van der Waals surface area contributed by atoms with E-state index in [2.05, 4.69) is 54.2 Å². The minimum atomic E-state index is 0.631. The molecule has 1 unspecified atom stereocenters. The molecule has 1 fully saturated rings. The van der Waals surface area contributed by atoms with E-state index in [0.29, 0.717) is 12.0 Å². The standard InChI is InChI=1S/C14H23N3/c1-11(2)14-9-15-7-8-17(14)10-13-6-4-5-12(3)16-13/h4-6,11,14-15H,7-10H2,1-3H3. The van der Waals surface area contributed by atoms with Gasteiger partial charge in [0, 0.05) is 37.9 Å². The van der Waals surface area contributed by atoms with Crippen molar-refractivity contribution in [3.8, 4) is 0 Å². The second kappa shape index (κ2) is 5.61. The molecule has 1 aliphatic heterocycles. The number of piperazine rings is 1. The summed E-state index contributed by atoms with van der Waals surface area (Å²) < 4.78 is 0. The van der Waals surface area contributed by atoms with Gasteiger partial charge in [-0.25, -0.2) is 0 Å². The molecule has 1 atom stereocenters. The normalized spacial score (nSPS) is 22.0. The van der Waals surface area contributed by atoms with Gasteiger partial charge in [0.15, 0.2) is 0 Å². The van der Waals surface area contributed by atoms with E-state index in [1.165, 1.54) is 5.69 Å². The van der Waals surface area contributed by atoms with Gasteiger partial charge in [0.05, 0.1) is 5.69 Å². The quantitative estimate of drug-likeness (QED) is 0.863. The summed E-state index contributed by atoms with van der Waals surface area (Å²) in [5.74, 6) is 0.688. The highest BCUT2D eigenvalue weighted by molar-refractivity contribution is 5.10. The van der Waals surface area contributed by atoms with Gasteiger partial charge in [0.2, 0.25) is 0 Å². The molecular formula is C14H23N3. The van der Waals surface area contributed by atoms with Crippen molar-refractivity contribution in [1.29, 1.82) is 0 Å². The molecule has 0 aliphatic carbocycles. The summed E-state index contributed by atoms with van der Waals surface area (Å²) >= 11 is 0. The molecule has 0 amide bonds. The van der Waals surface area contributed by atoms with Crippen LogP contribution in [0.15, 0.2) is 18.2 Å². The monoisotopic (exact) mass is 233 g/mol. The molecule has 0 bridgehead atoms. The SMILES string of the molecule is Cc1cccc(CN2CCNCC2C(C)C)n1. The third kappa shape index (κ3) is 3.27. The number of hydrogen-bond donors (Lipinski definition) is 1. The Balaban J connectivity index is 2.05. The molecule has 1 N–H and O–H groups in total. The van der Waals surface area contributed by atoms with Crippen LogP contribution in [-0.4, -0.2) is 35.6 Å².